The van der Waals surface area contributed by atoms with Gasteiger partial charge in [0.2, 0.25) is 0 Å². The number of halogens is 1. The Hall–Kier alpha value is -3.59. The Morgan fingerprint density at radius 1 is 1.17 bits per heavy atom. The van der Waals surface area contributed by atoms with Crippen LogP contribution >= 0.6 is 11.8 Å². The lowest BCUT2D eigenvalue weighted by molar-refractivity contribution is -0.133. The molecule has 30 heavy (non-hydrogen) atoms. The molecule has 0 bridgehead atoms. The molecule has 0 amide bonds. The highest BCUT2D eigenvalue weighted by atomic mass is 32.2. The molecule has 0 unspecified atom stereocenters. The van der Waals surface area contributed by atoms with Crippen LogP contribution in [0, 0.1) is 5.82 Å². The third-order valence-corrected chi connectivity index (χ3v) is 5.26. The third-order valence-electron chi connectivity index (χ3n) is 4.36. The van der Waals surface area contributed by atoms with Crippen molar-refractivity contribution in [1.82, 2.24) is 19.9 Å². The molecule has 0 aliphatic carbocycles. The average Bonchev–Trinajstić information content (AvgIpc) is 3.39. The number of para-hydroxylation sites is 2. The lowest BCUT2D eigenvalue weighted by atomic mass is 10.2. The molecule has 2 aromatic heterocycles. The highest BCUT2D eigenvalue weighted by Gasteiger charge is 2.22. The molecular weight excluding hydrogens is 407 g/mol. The molecule has 0 radical (unpaired) electrons. The Bertz CT molecular complexity index is 1200. The molecule has 7 nitrogen and oxygen atoms in total. The van der Waals surface area contributed by atoms with Gasteiger partial charge in [0, 0.05) is 0 Å². The fourth-order valence-corrected chi connectivity index (χ4v) is 3.61. The number of fused-ring (bicyclic) bond motifs is 1. The van der Waals surface area contributed by atoms with Gasteiger partial charge in [0.05, 0.1) is 35.8 Å². The molecule has 0 aliphatic heterocycles. The number of aromatic nitrogens is 4. The van der Waals surface area contributed by atoms with E-state index in [4.69, 9.17) is 4.74 Å². The summed E-state index contributed by atoms with van der Waals surface area (Å²) in [5.74, 6) is -0.904. The van der Waals surface area contributed by atoms with Gasteiger partial charge in [-0.05, 0) is 42.0 Å². The molecule has 152 valence electrons. The first-order valence-corrected chi connectivity index (χ1v) is 9.93. The van der Waals surface area contributed by atoms with Crippen LogP contribution in [-0.2, 0) is 9.53 Å². The predicted molar refractivity (Wildman–Crippen MR) is 112 cm³/mol. The minimum atomic E-state index is -0.696. The summed E-state index contributed by atoms with van der Waals surface area (Å²) in [7, 11) is 1.24. The van der Waals surface area contributed by atoms with Gasteiger partial charge >= 0.3 is 5.97 Å². The second-order valence-electron chi connectivity index (χ2n) is 6.31. The molecule has 0 saturated carbocycles. The zero-order chi connectivity index (χ0) is 21.1. The molecule has 0 saturated heterocycles. The smallest absolute Gasteiger partial charge is 0.345 e. The number of methoxy groups -OCH3 is 1. The lowest BCUT2D eigenvalue weighted by Gasteiger charge is -2.06. The number of ether oxygens (including phenoxy) is 1. The van der Waals surface area contributed by atoms with Gasteiger partial charge in [-0.3, -0.25) is 0 Å². The zero-order valence-electron chi connectivity index (χ0n) is 15.8. The molecule has 2 heterocycles. The highest BCUT2D eigenvalue weighted by molar-refractivity contribution is 7.99. The van der Waals surface area contributed by atoms with Crippen molar-refractivity contribution in [2.75, 3.05) is 12.9 Å². The number of carbonyl (C=O) groups excluding carboxylic acids is 1. The number of aliphatic hydroxyl groups excluding tert-OH is 1. The number of rotatable bonds is 6. The first kappa shape index (κ1) is 19.7. The normalized spacial score (nSPS) is 12.1. The van der Waals surface area contributed by atoms with Crippen LogP contribution in [0.5, 0.6) is 0 Å². The van der Waals surface area contributed by atoms with E-state index in [-0.39, 0.29) is 28.7 Å². The number of nitrogens with zero attached hydrogens (tertiary/aromatic N) is 2. The van der Waals surface area contributed by atoms with Gasteiger partial charge in [-0.15, -0.1) is 0 Å². The minimum Gasteiger partial charge on any atom is -0.510 e. The maximum atomic E-state index is 13.1. The summed E-state index contributed by atoms with van der Waals surface area (Å²) < 4.78 is 17.9. The number of esters is 1. The van der Waals surface area contributed by atoms with Crippen molar-refractivity contribution in [3.8, 4) is 11.3 Å². The first-order chi connectivity index (χ1) is 14.5. The fraction of sp³-hybridized carbons (Fsp3) is 0.0952. The van der Waals surface area contributed by atoms with Crippen LogP contribution in [0.25, 0.3) is 27.9 Å². The molecule has 9 heteroatoms. The van der Waals surface area contributed by atoms with Crippen molar-refractivity contribution in [2.45, 2.75) is 5.16 Å². The minimum absolute atomic E-state index is 0.0356. The van der Waals surface area contributed by atoms with Gasteiger partial charge < -0.3 is 19.8 Å². The van der Waals surface area contributed by atoms with Crippen LogP contribution in [0.3, 0.4) is 0 Å². The van der Waals surface area contributed by atoms with Crippen molar-refractivity contribution in [1.29, 1.82) is 0 Å². The quantitative estimate of drug-likeness (QED) is 0.184. The van der Waals surface area contributed by atoms with Crippen LogP contribution in [0.2, 0.25) is 0 Å². The van der Waals surface area contributed by atoms with Crippen molar-refractivity contribution < 1.29 is 19.0 Å². The maximum absolute atomic E-state index is 13.1. The Kier molecular flexibility index (Phi) is 5.53. The van der Waals surface area contributed by atoms with Crippen molar-refractivity contribution >= 4 is 34.3 Å². The highest BCUT2D eigenvalue weighted by Crippen LogP contribution is 2.26. The van der Waals surface area contributed by atoms with Crippen LogP contribution in [0.1, 0.15) is 5.82 Å². The molecule has 4 aromatic rings. The van der Waals surface area contributed by atoms with Gasteiger partial charge in [-0.2, -0.15) is 0 Å². The molecular formula is C21H17FN4O3S. The molecule has 3 N–H and O–H groups in total. The number of carbonyl (C=O) groups is 1. The van der Waals surface area contributed by atoms with Crippen LogP contribution in [0.15, 0.2) is 65.6 Å². The van der Waals surface area contributed by atoms with Gasteiger partial charge in [-0.1, -0.05) is 23.9 Å². The molecule has 0 aliphatic rings. The fourth-order valence-electron chi connectivity index (χ4n) is 2.89. The Labute approximate surface area is 175 Å². The summed E-state index contributed by atoms with van der Waals surface area (Å²) in [6.45, 7) is 0. The van der Waals surface area contributed by atoms with Gasteiger partial charge in [0.15, 0.2) is 5.16 Å². The zero-order valence-corrected chi connectivity index (χ0v) is 16.7. The molecule has 0 atom stereocenters. The van der Waals surface area contributed by atoms with Crippen LogP contribution in [0.4, 0.5) is 4.39 Å². The molecule has 0 fully saturated rings. The first-order valence-electron chi connectivity index (χ1n) is 8.94. The third kappa shape index (κ3) is 4.06. The average molecular weight is 424 g/mol. The van der Waals surface area contributed by atoms with Crippen molar-refractivity contribution in [3.05, 3.63) is 72.1 Å². The number of imidazole rings is 2. The summed E-state index contributed by atoms with van der Waals surface area (Å²) in [5.41, 5.74) is 2.87. The van der Waals surface area contributed by atoms with E-state index in [9.17, 15) is 14.3 Å². The monoisotopic (exact) mass is 424 g/mol. The van der Waals surface area contributed by atoms with E-state index in [1.54, 1.807) is 24.4 Å². The maximum Gasteiger partial charge on any atom is 0.345 e. The standard InChI is InChI=1S/C21H17FN4O3S/c1-29-20(28)18(19-24-14-4-2-3-5-15(14)25-19)17(27)11-30-21-23-10-16(26-21)12-6-8-13(22)9-7-12/h2-10,27H,11H2,1H3,(H,23,26)(H,24,25)/b18-17+. The number of nitrogens with one attached hydrogen (secondary N) is 2. The summed E-state index contributed by atoms with van der Waals surface area (Å²) >= 11 is 1.21. The number of benzene rings is 2. The molecule has 2 aromatic carbocycles. The van der Waals surface area contributed by atoms with E-state index < -0.39 is 5.97 Å². The Morgan fingerprint density at radius 2 is 1.93 bits per heavy atom. The van der Waals surface area contributed by atoms with E-state index in [2.05, 4.69) is 19.9 Å². The van der Waals surface area contributed by atoms with Gasteiger partial charge in [-0.25, -0.2) is 19.2 Å². The van der Waals surface area contributed by atoms with E-state index >= 15 is 0 Å². The van der Waals surface area contributed by atoms with E-state index in [0.717, 1.165) is 11.1 Å². The predicted octanol–water partition coefficient (Wildman–Crippen LogP) is 4.33. The summed E-state index contributed by atoms with van der Waals surface area (Å²) in [6, 6.07) is 13.3. The van der Waals surface area contributed by atoms with E-state index in [0.29, 0.717) is 16.4 Å². The van der Waals surface area contributed by atoms with E-state index in [1.165, 1.54) is 31.0 Å². The number of H-pyrrole nitrogens is 2. The Balaban J connectivity index is 1.57. The number of aliphatic hydroxyl groups is 1. The summed E-state index contributed by atoms with van der Waals surface area (Å²) in [6.07, 6.45) is 1.62. The van der Waals surface area contributed by atoms with E-state index in [1.807, 2.05) is 18.2 Å². The number of hydrogen-bond donors (Lipinski definition) is 3. The van der Waals surface area contributed by atoms with Gasteiger partial charge in [0.1, 0.15) is 23.0 Å². The SMILES string of the molecule is COC(=O)/C(=C(/O)CSc1ncc(-c2ccc(F)cc2)[nH]1)c1nc2ccccc2[nH]1. The largest absolute Gasteiger partial charge is 0.510 e. The number of thioether (sulfide) groups is 1. The second-order valence-corrected chi connectivity index (χ2v) is 7.28. The lowest BCUT2D eigenvalue weighted by Crippen LogP contribution is -2.09. The summed E-state index contributed by atoms with van der Waals surface area (Å²) in [4.78, 5) is 27.1. The van der Waals surface area contributed by atoms with Crippen LogP contribution in [-0.4, -0.2) is 43.9 Å². The van der Waals surface area contributed by atoms with Gasteiger partial charge in [0.25, 0.3) is 0 Å². The van der Waals surface area contributed by atoms with Crippen molar-refractivity contribution in [3.63, 3.8) is 0 Å². The number of aromatic amines is 2. The second kappa shape index (κ2) is 8.42. The topological polar surface area (TPSA) is 104 Å². The molecule has 0 spiro atoms. The van der Waals surface area contributed by atoms with Crippen molar-refractivity contribution in [2.24, 2.45) is 0 Å². The Morgan fingerprint density at radius 3 is 2.67 bits per heavy atom. The number of hydrogen-bond acceptors (Lipinski definition) is 6. The molecule has 4 rings (SSSR count). The van der Waals surface area contributed by atoms with Crippen LogP contribution < -0.4 is 0 Å². The summed E-state index contributed by atoms with van der Waals surface area (Å²) in [5, 5.41) is 11.2.